The summed E-state index contributed by atoms with van der Waals surface area (Å²) in [6, 6.07) is 17.2. The van der Waals surface area contributed by atoms with Gasteiger partial charge in [0.15, 0.2) is 0 Å². The molecule has 0 unspecified atom stereocenters. The first-order valence-electron chi connectivity index (χ1n) is 7.80. The van der Waals surface area contributed by atoms with Crippen molar-refractivity contribution >= 4 is 16.7 Å². The van der Waals surface area contributed by atoms with Crippen LogP contribution < -0.4 is 4.74 Å². The summed E-state index contributed by atoms with van der Waals surface area (Å²) in [7, 11) is 2.06. The third kappa shape index (κ3) is 4.93. The van der Waals surface area contributed by atoms with Gasteiger partial charge in [0.05, 0.1) is 7.11 Å². The molecule has 0 bridgehead atoms. The Kier molecular flexibility index (Phi) is 6.55. The van der Waals surface area contributed by atoms with Gasteiger partial charge >= 0.3 is 0 Å². The molecule has 0 aliphatic heterocycles. The zero-order valence-electron chi connectivity index (χ0n) is 14.3. The summed E-state index contributed by atoms with van der Waals surface area (Å²) < 4.78 is 17.7. The molecule has 5 heteroatoms. The molecule has 0 aliphatic carbocycles. The fourth-order valence-corrected chi connectivity index (χ4v) is 3.57. The molecule has 1 amide bonds. The van der Waals surface area contributed by atoms with Crippen LogP contribution in [-0.4, -0.2) is 34.4 Å². The minimum atomic E-state index is -1.28. The van der Waals surface area contributed by atoms with Gasteiger partial charge in [-0.1, -0.05) is 42.5 Å². The average Bonchev–Trinajstić information content (AvgIpc) is 2.61. The molecular weight excluding hydrogens is 322 g/mol. The number of nitrogens with zero attached hydrogens (tertiary/aromatic N) is 1. The van der Waals surface area contributed by atoms with E-state index in [2.05, 4.69) is 0 Å². The normalized spacial score (nSPS) is 13.1. The summed E-state index contributed by atoms with van der Waals surface area (Å²) in [4.78, 5) is 14.1. The van der Waals surface area contributed by atoms with Crippen LogP contribution in [0.25, 0.3) is 0 Å². The van der Waals surface area contributed by atoms with E-state index in [1.54, 1.807) is 26.0 Å². The van der Waals surface area contributed by atoms with Gasteiger partial charge < -0.3 is 9.64 Å². The molecule has 2 aromatic rings. The Morgan fingerprint density at radius 1 is 1.12 bits per heavy atom. The lowest BCUT2D eigenvalue weighted by atomic mass is 10.2. The van der Waals surface area contributed by atoms with Crippen molar-refractivity contribution in [2.24, 2.45) is 0 Å². The van der Waals surface area contributed by atoms with Gasteiger partial charge in [-0.2, -0.15) is 0 Å². The van der Waals surface area contributed by atoms with Gasteiger partial charge in [-0.15, -0.1) is 0 Å². The lowest BCUT2D eigenvalue weighted by Gasteiger charge is -2.21. The predicted molar refractivity (Wildman–Crippen MR) is 97.2 cm³/mol. The number of ether oxygens (including phenoxy) is 1. The van der Waals surface area contributed by atoms with Gasteiger partial charge in [0.2, 0.25) is 5.91 Å². The first-order valence-corrected chi connectivity index (χ1v) is 9.18. The molecule has 0 N–H and O–H groups in total. The Balaban J connectivity index is 1.97. The molecule has 2 rings (SSSR count). The predicted octanol–water partition coefficient (Wildman–Crippen LogP) is 2.99. The standard InChI is InChI=1S/C19H23NO3S/c1-15(19(21)20(2)13-16-8-5-4-6-9-16)24(22)14-17-10-7-11-18(12-17)23-3/h4-12,15H,13-14H2,1-3H3/t15-,24+/m1/s1. The molecule has 2 aromatic carbocycles. The van der Waals surface area contributed by atoms with E-state index in [4.69, 9.17) is 4.74 Å². The van der Waals surface area contributed by atoms with Crippen molar-refractivity contribution in [3.8, 4) is 5.75 Å². The van der Waals surface area contributed by atoms with Gasteiger partial charge in [-0.05, 0) is 30.2 Å². The summed E-state index contributed by atoms with van der Waals surface area (Å²) in [5.41, 5.74) is 1.96. The summed E-state index contributed by atoms with van der Waals surface area (Å²) in [6.45, 7) is 2.24. The van der Waals surface area contributed by atoms with Crippen molar-refractivity contribution in [1.29, 1.82) is 0 Å². The van der Waals surface area contributed by atoms with Crippen molar-refractivity contribution in [3.63, 3.8) is 0 Å². The Labute approximate surface area is 145 Å². The molecule has 0 aliphatic rings. The van der Waals surface area contributed by atoms with Crippen LogP contribution in [0.15, 0.2) is 54.6 Å². The van der Waals surface area contributed by atoms with E-state index < -0.39 is 16.0 Å². The van der Waals surface area contributed by atoms with E-state index in [1.807, 2.05) is 54.6 Å². The number of carbonyl (C=O) groups is 1. The third-order valence-corrected chi connectivity index (χ3v) is 5.43. The Morgan fingerprint density at radius 2 is 1.79 bits per heavy atom. The second-order valence-electron chi connectivity index (χ2n) is 5.70. The smallest absolute Gasteiger partial charge is 0.238 e. The maximum Gasteiger partial charge on any atom is 0.238 e. The highest BCUT2D eigenvalue weighted by molar-refractivity contribution is 7.85. The fraction of sp³-hybridized carbons (Fsp3) is 0.316. The minimum absolute atomic E-state index is 0.111. The van der Waals surface area contributed by atoms with Crippen molar-refractivity contribution in [1.82, 2.24) is 4.90 Å². The summed E-state index contributed by atoms with van der Waals surface area (Å²) in [5.74, 6) is 0.952. The highest BCUT2D eigenvalue weighted by Gasteiger charge is 2.23. The van der Waals surface area contributed by atoms with Crippen LogP contribution in [-0.2, 0) is 27.9 Å². The van der Waals surface area contributed by atoms with Crippen LogP contribution in [0, 0.1) is 0 Å². The number of carbonyl (C=O) groups excluding carboxylic acids is 1. The van der Waals surface area contributed by atoms with Crippen LogP contribution in [0.5, 0.6) is 5.75 Å². The van der Waals surface area contributed by atoms with Gasteiger partial charge in [0.1, 0.15) is 11.0 Å². The number of hydrogen-bond acceptors (Lipinski definition) is 3. The monoisotopic (exact) mass is 345 g/mol. The SMILES string of the molecule is COc1cccc(C[S@](=O)[C@H](C)C(=O)N(C)Cc2ccccc2)c1. The van der Waals surface area contributed by atoms with E-state index in [0.717, 1.165) is 16.9 Å². The number of amides is 1. The number of methoxy groups -OCH3 is 1. The first-order chi connectivity index (χ1) is 11.5. The van der Waals surface area contributed by atoms with Crippen molar-refractivity contribution in [3.05, 3.63) is 65.7 Å². The number of rotatable bonds is 7. The van der Waals surface area contributed by atoms with Crippen LogP contribution in [0.3, 0.4) is 0 Å². The van der Waals surface area contributed by atoms with Gasteiger partial charge in [0, 0.05) is 30.1 Å². The van der Waals surface area contributed by atoms with Crippen molar-refractivity contribution in [2.75, 3.05) is 14.2 Å². The maximum atomic E-state index is 12.5. The van der Waals surface area contributed by atoms with Gasteiger partial charge in [0.25, 0.3) is 0 Å². The Bertz CT molecular complexity index is 703. The van der Waals surface area contributed by atoms with E-state index in [0.29, 0.717) is 12.3 Å². The van der Waals surface area contributed by atoms with Crippen LogP contribution >= 0.6 is 0 Å². The maximum absolute atomic E-state index is 12.5. The number of benzene rings is 2. The summed E-state index contributed by atoms with van der Waals surface area (Å²) in [5, 5.41) is -0.551. The van der Waals surface area contributed by atoms with Gasteiger partial charge in [-0.3, -0.25) is 9.00 Å². The molecule has 4 nitrogen and oxygen atoms in total. The van der Waals surface area contributed by atoms with Crippen molar-refractivity contribution in [2.45, 2.75) is 24.5 Å². The molecule has 0 heterocycles. The first kappa shape index (κ1) is 18.2. The summed E-state index contributed by atoms with van der Waals surface area (Å²) >= 11 is 0. The Morgan fingerprint density at radius 3 is 2.46 bits per heavy atom. The second kappa shape index (κ2) is 8.64. The topological polar surface area (TPSA) is 46.6 Å². The zero-order valence-corrected chi connectivity index (χ0v) is 15.1. The second-order valence-corrected chi connectivity index (χ2v) is 7.46. The third-order valence-electron chi connectivity index (χ3n) is 3.82. The number of hydrogen-bond donors (Lipinski definition) is 0. The van der Waals surface area contributed by atoms with Crippen LogP contribution in [0.4, 0.5) is 0 Å². The van der Waals surface area contributed by atoms with E-state index >= 15 is 0 Å². The molecule has 0 aromatic heterocycles. The molecule has 128 valence electrons. The largest absolute Gasteiger partial charge is 0.497 e. The average molecular weight is 345 g/mol. The molecule has 0 fully saturated rings. The molecule has 24 heavy (non-hydrogen) atoms. The van der Waals surface area contributed by atoms with Crippen LogP contribution in [0.1, 0.15) is 18.1 Å². The van der Waals surface area contributed by atoms with Crippen molar-refractivity contribution < 1.29 is 13.7 Å². The molecule has 2 atom stereocenters. The van der Waals surface area contributed by atoms with E-state index in [-0.39, 0.29) is 5.91 Å². The van der Waals surface area contributed by atoms with Crippen LogP contribution in [0.2, 0.25) is 0 Å². The molecule has 0 radical (unpaired) electrons. The van der Waals surface area contributed by atoms with E-state index in [1.165, 1.54) is 0 Å². The van der Waals surface area contributed by atoms with Gasteiger partial charge in [-0.25, -0.2) is 0 Å². The molecule has 0 spiro atoms. The molecule has 0 saturated heterocycles. The fourth-order valence-electron chi connectivity index (χ4n) is 2.41. The summed E-state index contributed by atoms with van der Waals surface area (Å²) in [6.07, 6.45) is 0. The molecular formula is C19H23NO3S. The highest BCUT2D eigenvalue weighted by atomic mass is 32.2. The quantitative estimate of drug-likeness (QED) is 0.775. The lowest BCUT2D eigenvalue weighted by Crippen LogP contribution is -2.37. The van der Waals surface area contributed by atoms with E-state index in [9.17, 15) is 9.00 Å². The lowest BCUT2D eigenvalue weighted by molar-refractivity contribution is -0.129. The minimum Gasteiger partial charge on any atom is -0.497 e. The highest BCUT2D eigenvalue weighted by Crippen LogP contribution is 2.16. The molecule has 0 saturated carbocycles. The zero-order chi connectivity index (χ0) is 17.5. The Hall–Kier alpha value is -2.14.